The highest BCUT2D eigenvalue weighted by Gasteiger charge is 2.24. The van der Waals surface area contributed by atoms with Crippen LogP contribution in [0, 0.1) is 18.3 Å². The topological polar surface area (TPSA) is 53.1 Å². The Bertz CT molecular complexity index is 511. The second-order valence-corrected chi connectivity index (χ2v) is 4.86. The predicted octanol–water partition coefficient (Wildman–Crippen LogP) is 3.85. The molecule has 20 heavy (non-hydrogen) atoms. The van der Waals surface area contributed by atoms with E-state index in [-0.39, 0.29) is 0 Å². The summed E-state index contributed by atoms with van der Waals surface area (Å²) in [7, 11) is 2.10. The van der Waals surface area contributed by atoms with E-state index in [2.05, 4.69) is 31.0 Å². The summed E-state index contributed by atoms with van der Waals surface area (Å²) in [5.41, 5.74) is 10.1. The number of likely N-dealkylation sites (tertiary alicyclic amines) is 1. The largest absolute Gasteiger partial charge is 0.403 e. The van der Waals surface area contributed by atoms with E-state index in [1.165, 1.54) is 16.8 Å². The fraction of sp³-hybridized carbons (Fsp3) is 0.471. The number of benzene rings is 1. The smallest absolute Gasteiger partial charge is 0.0991 e. The van der Waals surface area contributed by atoms with Gasteiger partial charge in [0.1, 0.15) is 0 Å². The van der Waals surface area contributed by atoms with Gasteiger partial charge in [-0.1, -0.05) is 19.9 Å². The lowest BCUT2D eigenvalue weighted by molar-refractivity contribution is 0.241. The average Bonchev–Trinajstić information content (AvgIpc) is 2.50. The zero-order valence-corrected chi connectivity index (χ0v) is 13.0. The first-order valence-corrected chi connectivity index (χ1v) is 7.31. The molecule has 0 amide bonds. The first-order chi connectivity index (χ1) is 9.67. The second-order valence-electron chi connectivity index (χ2n) is 4.86. The molecule has 1 fully saturated rings. The second kappa shape index (κ2) is 7.59. The Labute approximate surface area is 122 Å². The van der Waals surface area contributed by atoms with Crippen LogP contribution in [0.1, 0.15) is 55.8 Å². The van der Waals surface area contributed by atoms with Crippen LogP contribution in [0.4, 0.5) is 0 Å². The zero-order valence-electron chi connectivity index (χ0n) is 13.0. The van der Waals surface area contributed by atoms with E-state index in [0.29, 0.717) is 6.04 Å². The van der Waals surface area contributed by atoms with Crippen LogP contribution < -0.4 is 5.73 Å². The molecule has 1 aliphatic rings. The van der Waals surface area contributed by atoms with Crippen LogP contribution in [0.2, 0.25) is 0 Å². The van der Waals surface area contributed by atoms with Crippen LogP contribution in [0.25, 0.3) is 0 Å². The number of nitriles is 1. The van der Waals surface area contributed by atoms with Crippen LogP contribution in [-0.4, -0.2) is 11.9 Å². The number of hydrogen-bond acceptors (Lipinski definition) is 3. The minimum absolute atomic E-state index is 0.376. The molecule has 2 rings (SSSR count). The molecule has 108 valence electrons. The molecule has 0 bridgehead atoms. The fourth-order valence-electron chi connectivity index (χ4n) is 2.73. The van der Waals surface area contributed by atoms with Gasteiger partial charge < -0.3 is 10.6 Å². The summed E-state index contributed by atoms with van der Waals surface area (Å²) >= 11 is 0. The third-order valence-corrected chi connectivity index (χ3v) is 3.78. The van der Waals surface area contributed by atoms with Gasteiger partial charge in [-0.25, -0.2) is 0 Å². The van der Waals surface area contributed by atoms with Crippen molar-refractivity contribution in [3.05, 3.63) is 46.8 Å². The van der Waals surface area contributed by atoms with Crippen molar-refractivity contribution in [1.82, 2.24) is 4.90 Å². The van der Waals surface area contributed by atoms with Crippen molar-refractivity contribution in [2.75, 3.05) is 7.05 Å². The Morgan fingerprint density at radius 1 is 1.40 bits per heavy atom. The highest BCUT2D eigenvalue weighted by atomic mass is 15.2. The fourth-order valence-corrected chi connectivity index (χ4v) is 2.73. The molecule has 1 unspecified atom stereocenters. The molecule has 1 saturated heterocycles. The molecule has 0 aliphatic carbocycles. The molecule has 1 aromatic rings. The van der Waals surface area contributed by atoms with Gasteiger partial charge >= 0.3 is 0 Å². The maximum absolute atomic E-state index is 8.91. The third-order valence-electron chi connectivity index (χ3n) is 3.78. The van der Waals surface area contributed by atoms with Crippen LogP contribution in [0.3, 0.4) is 0 Å². The summed E-state index contributed by atoms with van der Waals surface area (Å²) in [6.45, 7) is 6.07. The standard InChI is InChI=1S/C15H19N3.C2H6/c1-11-8-12(9-16)6-7-14(11)15-5-3-4-13(10-17)18(15)2;1-2/h6-8,10,15H,3-5,17H2,1-2H3;1-2H3/b13-10-;. The molecule has 3 nitrogen and oxygen atoms in total. The van der Waals surface area contributed by atoms with Gasteiger partial charge in [-0.05, 0) is 49.4 Å². The molecule has 0 radical (unpaired) electrons. The van der Waals surface area contributed by atoms with Gasteiger partial charge in [0.2, 0.25) is 0 Å². The van der Waals surface area contributed by atoms with E-state index < -0.39 is 0 Å². The summed E-state index contributed by atoms with van der Waals surface area (Å²) in [5, 5.41) is 8.91. The number of rotatable bonds is 1. The van der Waals surface area contributed by atoms with E-state index in [0.717, 1.165) is 24.8 Å². The molecular weight excluding hydrogens is 246 g/mol. The number of aryl methyl sites for hydroxylation is 1. The first kappa shape index (κ1) is 16.1. The van der Waals surface area contributed by atoms with Gasteiger partial charge in [-0.3, -0.25) is 0 Å². The van der Waals surface area contributed by atoms with Gasteiger partial charge in [0.05, 0.1) is 17.7 Å². The molecule has 0 saturated carbocycles. The lowest BCUT2D eigenvalue weighted by Gasteiger charge is -2.37. The SMILES string of the molecule is CC.Cc1cc(C#N)ccc1C1CCC/C(=C/N)N1C. The van der Waals surface area contributed by atoms with Gasteiger partial charge in [-0.2, -0.15) is 5.26 Å². The Balaban J connectivity index is 0.000000956. The van der Waals surface area contributed by atoms with E-state index >= 15 is 0 Å². The summed E-state index contributed by atoms with van der Waals surface area (Å²) < 4.78 is 0. The van der Waals surface area contributed by atoms with Crippen molar-refractivity contribution in [2.45, 2.75) is 46.1 Å². The van der Waals surface area contributed by atoms with E-state index in [1.54, 1.807) is 6.20 Å². The average molecular weight is 271 g/mol. The Kier molecular flexibility index (Phi) is 6.11. The van der Waals surface area contributed by atoms with Gasteiger partial charge in [0.25, 0.3) is 0 Å². The van der Waals surface area contributed by atoms with Crippen molar-refractivity contribution in [1.29, 1.82) is 5.26 Å². The molecule has 0 spiro atoms. The molecule has 1 aromatic carbocycles. The zero-order chi connectivity index (χ0) is 15.1. The van der Waals surface area contributed by atoms with Crippen molar-refractivity contribution in [2.24, 2.45) is 5.73 Å². The Hall–Kier alpha value is -1.95. The highest BCUT2D eigenvalue weighted by molar-refractivity contribution is 5.39. The normalized spacial score (nSPS) is 20.1. The summed E-state index contributed by atoms with van der Waals surface area (Å²) in [6, 6.07) is 8.50. The molecule has 0 aromatic heterocycles. The molecule has 1 atom stereocenters. The summed E-state index contributed by atoms with van der Waals surface area (Å²) in [5.74, 6) is 0. The van der Waals surface area contributed by atoms with Gasteiger partial charge in [0.15, 0.2) is 0 Å². The maximum atomic E-state index is 8.91. The molecule has 1 aliphatic heterocycles. The monoisotopic (exact) mass is 271 g/mol. The Morgan fingerprint density at radius 3 is 2.65 bits per heavy atom. The number of nitrogens with two attached hydrogens (primary N) is 1. The van der Waals surface area contributed by atoms with E-state index in [9.17, 15) is 0 Å². The quantitative estimate of drug-likeness (QED) is 0.844. The minimum atomic E-state index is 0.376. The molecule has 1 heterocycles. The number of allylic oxidation sites excluding steroid dienone is 1. The molecule has 2 N–H and O–H groups in total. The van der Waals surface area contributed by atoms with Crippen LogP contribution in [-0.2, 0) is 0 Å². The van der Waals surface area contributed by atoms with Crippen molar-refractivity contribution < 1.29 is 0 Å². The molecular formula is C17H25N3. The Morgan fingerprint density at radius 2 is 2.10 bits per heavy atom. The van der Waals surface area contributed by atoms with Crippen LogP contribution in [0.5, 0.6) is 0 Å². The third kappa shape index (κ3) is 3.33. The minimum Gasteiger partial charge on any atom is -0.403 e. The maximum Gasteiger partial charge on any atom is 0.0991 e. The number of hydrogen-bond donors (Lipinski definition) is 1. The molecule has 3 heteroatoms. The first-order valence-electron chi connectivity index (χ1n) is 7.31. The number of nitrogens with zero attached hydrogens (tertiary/aromatic N) is 2. The van der Waals surface area contributed by atoms with E-state index in [1.807, 2.05) is 26.0 Å². The summed E-state index contributed by atoms with van der Waals surface area (Å²) in [6.07, 6.45) is 5.07. The van der Waals surface area contributed by atoms with Crippen LogP contribution >= 0.6 is 0 Å². The predicted molar refractivity (Wildman–Crippen MR) is 83.9 cm³/mol. The number of piperidine rings is 1. The van der Waals surface area contributed by atoms with Crippen molar-refractivity contribution >= 4 is 0 Å². The van der Waals surface area contributed by atoms with Crippen LogP contribution in [0.15, 0.2) is 30.1 Å². The summed E-state index contributed by atoms with van der Waals surface area (Å²) in [4.78, 5) is 2.26. The van der Waals surface area contributed by atoms with E-state index in [4.69, 9.17) is 11.0 Å². The van der Waals surface area contributed by atoms with Gasteiger partial charge in [-0.15, -0.1) is 0 Å². The lowest BCUT2D eigenvalue weighted by Crippen LogP contribution is -2.29. The highest BCUT2D eigenvalue weighted by Crippen LogP contribution is 2.36. The lowest BCUT2D eigenvalue weighted by atomic mass is 9.91. The van der Waals surface area contributed by atoms with Crippen molar-refractivity contribution in [3.8, 4) is 6.07 Å². The van der Waals surface area contributed by atoms with Gasteiger partial charge in [0, 0.05) is 18.9 Å². The van der Waals surface area contributed by atoms with Crippen molar-refractivity contribution in [3.63, 3.8) is 0 Å².